The van der Waals surface area contributed by atoms with E-state index in [1.54, 1.807) is 0 Å². The molecule has 2 heterocycles. The van der Waals surface area contributed by atoms with Gasteiger partial charge in [-0.25, -0.2) is 8.78 Å². The average molecular weight is 528 g/mol. The molecule has 3 aliphatic rings. The summed E-state index contributed by atoms with van der Waals surface area (Å²) in [5.74, 6) is -0.611. The molecule has 8 heteroatoms. The van der Waals surface area contributed by atoms with Crippen LogP contribution in [0.5, 0.6) is 0 Å². The van der Waals surface area contributed by atoms with Gasteiger partial charge in [-0.3, -0.25) is 9.69 Å². The second-order valence-corrected chi connectivity index (χ2v) is 12.4. The van der Waals surface area contributed by atoms with Gasteiger partial charge in [0.15, 0.2) is 0 Å². The lowest BCUT2D eigenvalue weighted by molar-refractivity contribution is -0.130. The Morgan fingerprint density at radius 3 is 2.42 bits per heavy atom. The number of benzene rings is 1. The van der Waals surface area contributed by atoms with Gasteiger partial charge in [0.25, 0.3) is 0 Å². The quantitative estimate of drug-likeness (QED) is 0.435. The van der Waals surface area contributed by atoms with Crippen molar-refractivity contribution in [1.82, 2.24) is 25.0 Å². The van der Waals surface area contributed by atoms with Crippen molar-refractivity contribution in [2.75, 3.05) is 6.54 Å². The Hall–Kier alpha value is -2.35. The van der Waals surface area contributed by atoms with Crippen LogP contribution in [0.15, 0.2) is 30.3 Å². The zero-order chi connectivity index (χ0) is 27.1. The summed E-state index contributed by atoms with van der Waals surface area (Å²) in [4.78, 5) is 15.8. The number of nitrogens with one attached hydrogen (secondary N) is 1. The monoisotopic (exact) mass is 527 g/mol. The minimum absolute atomic E-state index is 0.0773. The zero-order valence-electron chi connectivity index (χ0n) is 23.3. The van der Waals surface area contributed by atoms with E-state index in [0.717, 1.165) is 43.0 Å². The number of amides is 1. The highest BCUT2D eigenvalue weighted by Crippen LogP contribution is 2.53. The molecule has 0 radical (unpaired) electrons. The van der Waals surface area contributed by atoms with Crippen LogP contribution in [0.1, 0.15) is 114 Å². The van der Waals surface area contributed by atoms with E-state index in [2.05, 4.69) is 64.8 Å². The first-order valence-corrected chi connectivity index (χ1v) is 14.5. The third-order valence-corrected chi connectivity index (χ3v) is 9.24. The van der Waals surface area contributed by atoms with Crippen molar-refractivity contribution in [2.24, 2.45) is 5.92 Å². The van der Waals surface area contributed by atoms with Crippen molar-refractivity contribution in [3.63, 3.8) is 0 Å². The molecule has 208 valence electrons. The Morgan fingerprint density at radius 2 is 1.79 bits per heavy atom. The Kier molecular flexibility index (Phi) is 7.64. The summed E-state index contributed by atoms with van der Waals surface area (Å²) in [6.07, 6.45) is 5.49. The number of nitrogens with zero attached hydrogens (tertiary/aromatic N) is 4. The molecule has 3 atom stereocenters. The minimum atomic E-state index is -2.63. The van der Waals surface area contributed by atoms with Crippen LogP contribution in [0, 0.1) is 12.8 Å². The standard InChI is InChI=1S/C30H43F2N5O/c1-20(2)27-35-34-22(4)37(27)25-18-21(3)36(29(19-25)15-16-29)17-12-26(23-8-6-5-7-9-23)33-28(38)24-10-13-30(31,32)14-11-24/h5-9,20-21,24-26H,10-19H2,1-4H3,(H,33,38)/t21?,25-,26+/m1/s1. The number of piperidine rings is 1. The zero-order valence-corrected chi connectivity index (χ0v) is 23.3. The molecule has 2 saturated carbocycles. The first-order valence-electron chi connectivity index (χ1n) is 14.5. The molecule has 6 nitrogen and oxygen atoms in total. The van der Waals surface area contributed by atoms with Crippen molar-refractivity contribution in [3.8, 4) is 0 Å². The van der Waals surface area contributed by atoms with Crippen molar-refractivity contribution in [1.29, 1.82) is 0 Å². The summed E-state index contributed by atoms with van der Waals surface area (Å²) < 4.78 is 29.7. The number of hydrogen-bond acceptors (Lipinski definition) is 4. The maximum absolute atomic E-state index is 13.7. The van der Waals surface area contributed by atoms with Crippen LogP contribution in [0.4, 0.5) is 8.78 Å². The first kappa shape index (κ1) is 27.2. The van der Waals surface area contributed by atoms with E-state index in [4.69, 9.17) is 0 Å². The molecule has 1 N–H and O–H groups in total. The number of halogens is 2. The highest BCUT2D eigenvalue weighted by atomic mass is 19.3. The molecule has 1 aromatic carbocycles. The summed E-state index contributed by atoms with van der Waals surface area (Å²) in [5.41, 5.74) is 1.28. The molecule has 1 aromatic heterocycles. The van der Waals surface area contributed by atoms with E-state index in [1.807, 2.05) is 18.2 Å². The molecule has 1 spiro atoms. The van der Waals surface area contributed by atoms with Crippen molar-refractivity contribution in [2.45, 2.75) is 121 Å². The molecule has 0 bridgehead atoms. The first-order chi connectivity index (χ1) is 18.1. The molecule has 1 unspecified atom stereocenters. The van der Waals surface area contributed by atoms with E-state index >= 15 is 0 Å². The fourth-order valence-electron chi connectivity index (χ4n) is 7.02. The number of rotatable bonds is 8. The SMILES string of the molecule is Cc1nnc(C(C)C)n1[C@@H]1CC(C)N(CC[C@H](NC(=O)C2CCC(F)(F)CC2)c2ccccc2)C2(CC2)C1. The third kappa shape index (κ3) is 5.65. The lowest BCUT2D eigenvalue weighted by Gasteiger charge is -2.46. The topological polar surface area (TPSA) is 63.1 Å². The molecule has 38 heavy (non-hydrogen) atoms. The maximum Gasteiger partial charge on any atom is 0.248 e. The summed E-state index contributed by atoms with van der Waals surface area (Å²) in [6.45, 7) is 9.66. The number of aryl methyl sites for hydroxylation is 1. The minimum Gasteiger partial charge on any atom is -0.349 e. The normalized spacial score (nSPS) is 26.0. The van der Waals surface area contributed by atoms with Gasteiger partial charge in [-0.05, 0) is 64.4 Å². The number of hydrogen-bond donors (Lipinski definition) is 1. The summed E-state index contributed by atoms with van der Waals surface area (Å²) in [7, 11) is 0. The molecular weight excluding hydrogens is 484 g/mol. The highest BCUT2D eigenvalue weighted by molar-refractivity contribution is 5.79. The Bertz CT molecular complexity index is 1100. The van der Waals surface area contributed by atoms with Gasteiger partial charge >= 0.3 is 0 Å². The second-order valence-electron chi connectivity index (χ2n) is 12.4. The van der Waals surface area contributed by atoms with Gasteiger partial charge in [0.2, 0.25) is 11.8 Å². The van der Waals surface area contributed by atoms with E-state index in [0.29, 0.717) is 18.0 Å². The molecule has 1 amide bonds. The molecule has 3 fully saturated rings. The van der Waals surface area contributed by atoms with Crippen LogP contribution in [0.2, 0.25) is 0 Å². The largest absolute Gasteiger partial charge is 0.349 e. The van der Waals surface area contributed by atoms with Gasteiger partial charge in [-0.15, -0.1) is 10.2 Å². The van der Waals surface area contributed by atoms with Crippen molar-refractivity contribution >= 4 is 5.91 Å². The summed E-state index contributed by atoms with van der Waals surface area (Å²) in [5, 5.41) is 12.2. The van der Waals surface area contributed by atoms with E-state index in [9.17, 15) is 13.6 Å². The van der Waals surface area contributed by atoms with Crippen LogP contribution in [-0.4, -0.2) is 49.6 Å². The molecule has 2 aliphatic carbocycles. The van der Waals surface area contributed by atoms with Gasteiger partial charge in [0, 0.05) is 48.8 Å². The van der Waals surface area contributed by atoms with Crippen LogP contribution in [0.3, 0.4) is 0 Å². The Balaban J connectivity index is 1.27. The van der Waals surface area contributed by atoms with Crippen LogP contribution in [-0.2, 0) is 4.79 Å². The smallest absolute Gasteiger partial charge is 0.248 e. The van der Waals surface area contributed by atoms with E-state index in [-0.39, 0.29) is 49.1 Å². The molecule has 1 aliphatic heterocycles. The van der Waals surface area contributed by atoms with Gasteiger partial charge < -0.3 is 9.88 Å². The number of carbonyl (C=O) groups excluding carboxylic acids is 1. The maximum atomic E-state index is 13.7. The second kappa shape index (κ2) is 10.7. The third-order valence-electron chi connectivity index (χ3n) is 9.24. The van der Waals surface area contributed by atoms with Crippen LogP contribution in [0.25, 0.3) is 0 Å². The molecule has 2 aromatic rings. The number of likely N-dealkylation sites (tertiary alicyclic amines) is 1. The van der Waals surface area contributed by atoms with Crippen molar-refractivity contribution < 1.29 is 13.6 Å². The Labute approximate surface area is 225 Å². The number of alkyl halides is 2. The van der Waals surface area contributed by atoms with Crippen LogP contribution >= 0.6 is 0 Å². The lowest BCUT2D eigenvalue weighted by atomic mass is 9.85. The van der Waals surface area contributed by atoms with Gasteiger partial charge in [-0.2, -0.15) is 0 Å². The summed E-state index contributed by atoms with van der Waals surface area (Å²) >= 11 is 0. The average Bonchev–Trinajstić information content (AvgIpc) is 3.52. The number of aromatic nitrogens is 3. The van der Waals surface area contributed by atoms with Gasteiger partial charge in [0.1, 0.15) is 11.6 Å². The van der Waals surface area contributed by atoms with Crippen molar-refractivity contribution in [3.05, 3.63) is 47.5 Å². The fraction of sp³-hybridized carbons (Fsp3) is 0.700. The van der Waals surface area contributed by atoms with Crippen LogP contribution < -0.4 is 5.32 Å². The van der Waals surface area contributed by atoms with E-state index in [1.165, 1.54) is 12.8 Å². The molecular formula is C30H43F2N5O. The predicted octanol–water partition coefficient (Wildman–Crippen LogP) is 6.34. The van der Waals surface area contributed by atoms with E-state index < -0.39 is 5.92 Å². The Morgan fingerprint density at radius 1 is 1.11 bits per heavy atom. The van der Waals surface area contributed by atoms with Gasteiger partial charge in [0.05, 0.1) is 6.04 Å². The molecule has 1 saturated heterocycles. The van der Waals surface area contributed by atoms with Gasteiger partial charge in [-0.1, -0.05) is 44.2 Å². The fourth-order valence-corrected chi connectivity index (χ4v) is 7.02. The predicted molar refractivity (Wildman–Crippen MR) is 144 cm³/mol. The molecule has 5 rings (SSSR count). The summed E-state index contributed by atoms with van der Waals surface area (Å²) in [6, 6.07) is 10.8. The highest BCUT2D eigenvalue weighted by Gasteiger charge is 2.54. The lowest BCUT2D eigenvalue weighted by Crippen LogP contribution is -2.51. The number of carbonyl (C=O) groups is 1.